The Kier molecular flexibility index (Phi) is 2.93. The van der Waals surface area contributed by atoms with E-state index in [1.807, 2.05) is 0 Å². The van der Waals surface area contributed by atoms with Gasteiger partial charge in [0.1, 0.15) is 5.82 Å². The fourth-order valence-electron chi connectivity index (χ4n) is 1.40. The molecule has 1 unspecified atom stereocenters. The van der Waals surface area contributed by atoms with Crippen molar-refractivity contribution < 1.29 is 8.60 Å². The van der Waals surface area contributed by atoms with Gasteiger partial charge in [0.25, 0.3) is 0 Å². The van der Waals surface area contributed by atoms with Crippen molar-refractivity contribution in [3.8, 4) is 0 Å². The van der Waals surface area contributed by atoms with E-state index in [0.29, 0.717) is 16.6 Å². The molecule has 1 saturated heterocycles. The summed E-state index contributed by atoms with van der Waals surface area (Å²) in [6, 6.07) is 6.28. The van der Waals surface area contributed by atoms with Crippen LogP contribution < -0.4 is 5.32 Å². The van der Waals surface area contributed by atoms with Gasteiger partial charge in [-0.15, -0.1) is 0 Å². The van der Waals surface area contributed by atoms with E-state index < -0.39 is 10.8 Å². The van der Waals surface area contributed by atoms with Crippen LogP contribution in [0.1, 0.15) is 0 Å². The normalized spacial score (nSPS) is 18.9. The highest BCUT2D eigenvalue weighted by Crippen LogP contribution is 2.15. The Hall–Kier alpha value is -0.740. The average Bonchev–Trinajstić information content (AvgIpc) is 2.12. The number of halogens is 1. The molecule has 0 radical (unpaired) electrons. The van der Waals surface area contributed by atoms with Crippen LogP contribution in [0.2, 0.25) is 0 Å². The Bertz CT molecular complexity index is 352. The van der Waals surface area contributed by atoms with E-state index in [9.17, 15) is 8.60 Å². The summed E-state index contributed by atoms with van der Waals surface area (Å²) in [6.45, 7) is 1.81. The maximum absolute atomic E-state index is 13.2. The van der Waals surface area contributed by atoms with E-state index in [4.69, 9.17) is 0 Å². The lowest BCUT2D eigenvalue weighted by Gasteiger charge is -2.26. The molecule has 14 heavy (non-hydrogen) atoms. The molecule has 1 aromatic carbocycles. The van der Waals surface area contributed by atoms with E-state index >= 15 is 0 Å². The second-order valence-corrected chi connectivity index (χ2v) is 4.93. The van der Waals surface area contributed by atoms with Crippen molar-refractivity contribution >= 4 is 10.8 Å². The highest BCUT2D eigenvalue weighted by atomic mass is 32.2. The second kappa shape index (κ2) is 4.19. The van der Waals surface area contributed by atoms with Gasteiger partial charge in [-0.3, -0.25) is 4.21 Å². The first kappa shape index (κ1) is 9.80. The molecule has 0 spiro atoms. The number of hydrogen-bond acceptors (Lipinski definition) is 2. The SMILES string of the molecule is O=S(CC1CNC1)c1ccccc1F. The lowest BCUT2D eigenvalue weighted by molar-refractivity contribution is 0.382. The van der Waals surface area contributed by atoms with Crippen LogP contribution in [0.4, 0.5) is 4.39 Å². The molecule has 0 aromatic heterocycles. The van der Waals surface area contributed by atoms with Crippen molar-refractivity contribution in [2.24, 2.45) is 5.92 Å². The van der Waals surface area contributed by atoms with E-state index in [-0.39, 0.29) is 5.82 Å². The summed E-state index contributed by atoms with van der Waals surface area (Å²) in [6.07, 6.45) is 0. The van der Waals surface area contributed by atoms with Crippen LogP contribution in [0.25, 0.3) is 0 Å². The second-order valence-electron chi connectivity index (χ2n) is 3.47. The summed E-state index contributed by atoms with van der Waals surface area (Å²) in [4.78, 5) is 0.333. The first-order chi connectivity index (χ1) is 6.77. The largest absolute Gasteiger partial charge is 0.316 e. The Morgan fingerprint density at radius 3 is 2.71 bits per heavy atom. The van der Waals surface area contributed by atoms with Crippen LogP contribution in [0.5, 0.6) is 0 Å². The van der Waals surface area contributed by atoms with E-state index in [2.05, 4.69) is 5.32 Å². The van der Waals surface area contributed by atoms with Gasteiger partial charge in [-0.2, -0.15) is 0 Å². The zero-order chi connectivity index (χ0) is 9.97. The molecule has 0 aliphatic carbocycles. The zero-order valence-corrected chi connectivity index (χ0v) is 8.52. The fraction of sp³-hybridized carbons (Fsp3) is 0.400. The molecule has 1 fully saturated rings. The predicted octanol–water partition coefficient (Wildman–Crippen LogP) is 1.15. The van der Waals surface area contributed by atoms with Gasteiger partial charge >= 0.3 is 0 Å². The number of rotatable bonds is 3. The summed E-state index contributed by atoms with van der Waals surface area (Å²) in [5.41, 5.74) is 0. The quantitative estimate of drug-likeness (QED) is 0.816. The van der Waals surface area contributed by atoms with Gasteiger partial charge in [-0.05, 0) is 18.1 Å². The molecular formula is C10H12FNOS. The molecule has 1 aliphatic rings. The minimum absolute atomic E-state index is 0.333. The van der Waals surface area contributed by atoms with Gasteiger partial charge in [-0.1, -0.05) is 12.1 Å². The summed E-state index contributed by atoms with van der Waals surface area (Å²) >= 11 is 0. The molecule has 0 amide bonds. The van der Waals surface area contributed by atoms with Crippen molar-refractivity contribution in [3.63, 3.8) is 0 Å². The third-order valence-electron chi connectivity index (χ3n) is 2.34. The fourth-order valence-corrected chi connectivity index (χ4v) is 2.76. The minimum atomic E-state index is -1.19. The molecular weight excluding hydrogens is 201 g/mol. The highest BCUT2D eigenvalue weighted by Gasteiger charge is 2.21. The third-order valence-corrected chi connectivity index (χ3v) is 3.93. The minimum Gasteiger partial charge on any atom is -0.316 e. The van der Waals surface area contributed by atoms with Crippen molar-refractivity contribution in [2.45, 2.75) is 4.90 Å². The smallest absolute Gasteiger partial charge is 0.139 e. The maximum Gasteiger partial charge on any atom is 0.139 e. The van der Waals surface area contributed by atoms with Crippen molar-refractivity contribution in [1.29, 1.82) is 0 Å². The first-order valence-electron chi connectivity index (χ1n) is 4.61. The molecule has 2 rings (SSSR count). The molecule has 4 heteroatoms. The number of benzene rings is 1. The van der Waals surface area contributed by atoms with Crippen LogP contribution in [-0.4, -0.2) is 23.1 Å². The summed E-state index contributed by atoms with van der Waals surface area (Å²) in [7, 11) is -1.19. The van der Waals surface area contributed by atoms with Crippen LogP contribution in [0.3, 0.4) is 0 Å². The highest BCUT2D eigenvalue weighted by molar-refractivity contribution is 7.85. The van der Waals surface area contributed by atoms with Crippen LogP contribution in [-0.2, 0) is 10.8 Å². The molecule has 1 N–H and O–H groups in total. The molecule has 1 heterocycles. The molecule has 1 atom stereocenters. The van der Waals surface area contributed by atoms with Crippen LogP contribution in [0.15, 0.2) is 29.2 Å². The molecule has 2 nitrogen and oxygen atoms in total. The van der Waals surface area contributed by atoms with Gasteiger partial charge in [-0.25, -0.2) is 4.39 Å². The molecule has 76 valence electrons. The van der Waals surface area contributed by atoms with Crippen molar-refractivity contribution in [2.75, 3.05) is 18.8 Å². The van der Waals surface area contributed by atoms with Gasteiger partial charge in [0.2, 0.25) is 0 Å². The maximum atomic E-state index is 13.2. The Balaban J connectivity index is 2.06. The average molecular weight is 213 g/mol. The molecule has 1 aliphatic heterocycles. The number of nitrogens with one attached hydrogen (secondary N) is 1. The van der Waals surface area contributed by atoms with E-state index in [1.54, 1.807) is 18.2 Å². The van der Waals surface area contributed by atoms with E-state index in [0.717, 1.165) is 13.1 Å². The van der Waals surface area contributed by atoms with Crippen molar-refractivity contribution in [1.82, 2.24) is 5.32 Å². The molecule has 0 saturated carbocycles. The topological polar surface area (TPSA) is 29.1 Å². The van der Waals surface area contributed by atoms with Gasteiger partial charge in [0.05, 0.1) is 15.7 Å². The third kappa shape index (κ3) is 2.01. The van der Waals surface area contributed by atoms with Crippen LogP contribution in [0, 0.1) is 11.7 Å². The summed E-state index contributed by atoms with van der Waals surface area (Å²) in [5, 5.41) is 3.10. The number of hydrogen-bond donors (Lipinski definition) is 1. The predicted molar refractivity (Wildman–Crippen MR) is 54.0 cm³/mol. The molecule has 1 aromatic rings. The van der Waals surface area contributed by atoms with Gasteiger partial charge < -0.3 is 5.32 Å². The van der Waals surface area contributed by atoms with Gasteiger partial charge in [0.15, 0.2) is 0 Å². The first-order valence-corrected chi connectivity index (χ1v) is 5.93. The monoisotopic (exact) mass is 213 g/mol. The summed E-state index contributed by atoms with van der Waals surface area (Å²) < 4.78 is 24.9. The Labute approximate surface area is 85.0 Å². The van der Waals surface area contributed by atoms with Crippen molar-refractivity contribution in [3.05, 3.63) is 30.1 Å². The lowest BCUT2D eigenvalue weighted by Crippen LogP contribution is -2.44. The van der Waals surface area contributed by atoms with E-state index in [1.165, 1.54) is 6.07 Å². The lowest BCUT2D eigenvalue weighted by atomic mass is 10.1. The zero-order valence-electron chi connectivity index (χ0n) is 7.70. The summed E-state index contributed by atoms with van der Waals surface area (Å²) in [5.74, 6) is 0.641. The van der Waals surface area contributed by atoms with Crippen LogP contribution >= 0.6 is 0 Å². The van der Waals surface area contributed by atoms with Gasteiger partial charge in [0, 0.05) is 18.8 Å². The standard InChI is InChI=1S/C10H12FNOS/c11-9-3-1-2-4-10(9)14(13)7-8-5-12-6-8/h1-4,8,12H,5-7H2. The molecule has 0 bridgehead atoms. The Morgan fingerprint density at radius 2 is 2.14 bits per heavy atom. The Morgan fingerprint density at radius 1 is 1.43 bits per heavy atom.